The van der Waals surface area contributed by atoms with E-state index < -0.39 is 0 Å². The van der Waals surface area contributed by atoms with Gasteiger partial charge in [-0.1, -0.05) is 35.9 Å². The maximum Gasteiger partial charge on any atom is 0.238 e. The van der Waals surface area contributed by atoms with E-state index >= 15 is 0 Å². The standard InChI is InChI=1S/C15H12ClNO2/c16-10-3-1-2-4-11(10)17-14(18)12-8-5-6-9(7-8)13(12)15(17)19/h1-6,8-9,12-13H,7H2/t8-,9-,12-,13-/m1/s1. The second-order valence-electron chi connectivity index (χ2n) is 5.46. The molecule has 3 nitrogen and oxygen atoms in total. The van der Waals surface area contributed by atoms with Gasteiger partial charge in [-0.25, -0.2) is 4.90 Å². The minimum absolute atomic E-state index is 0.0834. The maximum atomic E-state index is 12.6. The Hall–Kier alpha value is -1.61. The van der Waals surface area contributed by atoms with Crippen LogP contribution in [0.3, 0.4) is 0 Å². The average molecular weight is 274 g/mol. The number of nitrogens with zero attached hydrogens (tertiary/aromatic N) is 1. The van der Waals surface area contributed by atoms with Crippen LogP contribution < -0.4 is 4.90 Å². The van der Waals surface area contributed by atoms with Gasteiger partial charge in [-0.2, -0.15) is 0 Å². The SMILES string of the molecule is O=C1[C@H]2[C@H](C(=O)N1c1ccccc1Cl)[C@@H]1C=C[C@@H]2C1. The number of imide groups is 1. The molecule has 3 aliphatic rings. The monoisotopic (exact) mass is 273 g/mol. The van der Waals surface area contributed by atoms with Gasteiger partial charge >= 0.3 is 0 Å². The van der Waals surface area contributed by atoms with Gasteiger partial charge in [0.15, 0.2) is 0 Å². The molecular formula is C15H12ClNO2. The van der Waals surface area contributed by atoms with Crippen molar-refractivity contribution in [3.63, 3.8) is 0 Å². The van der Waals surface area contributed by atoms with Gasteiger partial charge in [0.05, 0.1) is 22.5 Å². The fourth-order valence-electron chi connectivity index (χ4n) is 3.77. The number of para-hydroxylation sites is 1. The summed E-state index contributed by atoms with van der Waals surface area (Å²) >= 11 is 6.12. The zero-order chi connectivity index (χ0) is 13.1. The summed E-state index contributed by atoms with van der Waals surface area (Å²) in [4.78, 5) is 26.4. The molecule has 0 aromatic heterocycles. The summed E-state index contributed by atoms with van der Waals surface area (Å²) in [6, 6.07) is 7.03. The lowest BCUT2D eigenvalue weighted by atomic mass is 9.85. The van der Waals surface area contributed by atoms with Crippen molar-refractivity contribution in [2.45, 2.75) is 6.42 Å². The molecule has 0 unspecified atom stereocenters. The van der Waals surface area contributed by atoms with Gasteiger partial charge in [-0.3, -0.25) is 9.59 Å². The maximum absolute atomic E-state index is 12.6. The number of hydrogen-bond acceptors (Lipinski definition) is 2. The third kappa shape index (κ3) is 1.34. The highest BCUT2D eigenvalue weighted by Crippen LogP contribution is 2.53. The van der Waals surface area contributed by atoms with Crippen molar-refractivity contribution in [1.29, 1.82) is 0 Å². The van der Waals surface area contributed by atoms with Gasteiger partial charge in [0.25, 0.3) is 0 Å². The first-order valence-corrected chi connectivity index (χ1v) is 6.87. The number of fused-ring (bicyclic) bond motifs is 5. The quantitative estimate of drug-likeness (QED) is 0.583. The Morgan fingerprint density at radius 2 is 1.58 bits per heavy atom. The molecule has 2 amide bonds. The Bertz CT molecular complexity index is 594. The van der Waals surface area contributed by atoms with Crippen LogP contribution in [-0.2, 0) is 9.59 Å². The largest absolute Gasteiger partial charge is 0.274 e. The summed E-state index contributed by atoms with van der Waals surface area (Å²) in [6.07, 6.45) is 5.13. The molecule has 0 spiro atoms. The van der Waals surface area contributed by atoms with Gasteiger partial charge in [-0.05, 0) is 30.4 Å². The number of halogens is 1. The molecule has 1 heterocycles. The van der Waals surface area contributed by atoms with Crippen LogP contribution in [0.2, 0.25) is 5.02 Å². The Kier molecular flexibility index (Phi) is 2.19. The van der Waals surface area contributed by atoms with Crippen molar-refractivity contribution in [2.75, 3.05) is 4.90 Å². The molecule has 2 bridgehead atoms. The van der Waals surface area contributed by atoms with E-state index in [1.807, 2.05) is 0 Å². The van der Waals surface area contributed by atoms with E-state index in [2.05, 4.69) is 12.2 Å². The van der Waals surface area contributed by atoms with Gasteiger partial charge in [0.2, 0.25) is 11.8 Å². The summed E-state index contributed by atoms with van der Waals surface area (Å²) in [5.74, 6) is -0.0321. The molecule has 0 radical (unpaired) electrons. The van der Waals surface area contributed by atoms with Gasteiger partial charge in [-0.15, -0.1) is 0 Å². The normalized spacial score (nSPS) is 35.3. The number of carbonyl (C=O) groups is 2. The fourth-order valence-corrected chi connectivity index (χ4v) is 3.99. The van der Waals surface area contributed by atoms with Crippen LogP contribution in [0.15, 0.2) is 36.4 Å². The van der Waals surface area contributed by atoms with Crippen LogP contribution in [0.5, 0.6) is 0 Å². The summed E-state index contributed by atoms with van der Waals surface area (Å²) in [6.45, 7) is 0. The molecule has 1 aromatic rings. The van der Waals surface area contributed by atoms with E-state index in [9.17, 15) is 9.59 Å². The molecule has 1 saturated carbocycles. The minimum atomic E-state index is -0.168. The fraction of sp³-hybridized carbons (Fsp3) is 0.333. The van der Waals surface area contributed by atoms with Crippen LogP contribution in [0.1, 0.15) is 6.42 Å². The van der Waals surface area contributed by atoms with Gasteiger partial charge in [0.1, 0.15) is 0 Å². The molecular weight excluding hydrogens is 262 g/mol. The van der Waals surface area contributed by atoms with E-state index in [0.717, 1.165) is 6.42 Å². The van der Waals surface area contributed by atoms with Crippen LogP contribution in [0.25, 0.3) is 0 Å². The zero-order valence-corrected chi connectivity index (χ0v) is 10.9. The summed E-state index contributed by atoms with van der Waals surface area (Å²) < 4.78 is 0. The number of hydrogen-bond donors (Lipinski definition) is 0. The van der Waals surface area contributed by atoms with Gasteiger partial charge < -0.3 is 0 Å². The highest BCUT2D eigenvalue weighted by Gasteiger charge is 2.59. The Morgan fingerprint density at radius 1 is 1.00 bits per heavy atom. The number of carbonyl (C=O) groups excluding carboxylic acids is 2. The predicted molar refractivity (Wildman–Crippen MR) is 71.7 cm³/mol. The lowest BCUT2D eigenvalue weighted by molar-refractivity contribution is -0.123. The smallest absolute Gasteiger partial charge is 0.238 e. The molecule has 2 fully saturated rings. The third-order valence-electron chi connectivity index (χ3n) is 4.56. The lowest BCUT2D eigenvalue weighted by Gasteiger charge is -2.18. The van der Waals surface area contributed by atoms with E-state index in [1.165, 1.54) is 4.90 Å². The lowest BCUT2D eigenvalue weighted by Crippen LogP contribution is -2.33. The number of anilines is 1. The molecule has 4 rings (SSSR count). The molecule has 19 heavy (non-hydrogen) atoms. The third-order valence-corrected chi connectivity index (χ3v) is 4.88. The van der Waals surface area contributed by atoms with Gasteiger partial charge in [0, 0.05) is 0 Å². The van der Waals surface area contributed by atoms with Crippen LogP contribution in [-0.4, -0.2) is 11.8 Å². The number of allylic oxidation sites excluding steroid dienone is 2. The van der Waals surface area contributed by atoms with E-state index in [1.54, 1.807) is 24.3 Å². The number of amides is 2. The molecule has 1 aromatic carbocycles. The molecule has 96 valence electrons. The van der Waals surface area contributed by atoms with Crippen LogP contribution in [0.4, 0.5) is 5.69 Å². The molecule has 2 aliphatic carbocycles. The van der Waals surface area contributed by atoms with Crippen molar-refractivity contribution >= 4 is 29.1 Å². The molecule has 0 N–H and O–H groups in total. The average Bonchev–Trinajstić information content (AvgIpc) is 3.06. The van der Waals surface area contributed by atoms with Crippen molar-refractivity contribution < 1.29 is 9.59 Å². The first kappa shape index (κ1) is 11.2. The van der Waals surface area contributed by atoms with E-state index in [-0.39, 0.29) is 35.5 Å². The first-order valence-electron chi connectivity index (χ1n) is 6.49. The molecule has 1 saturated heterocycles. The summed E-state index contributed by atoms with van der Waals surface area (Å²) in [7, 11) is 0. The highest BCUT2D eigenvalue weighted by atomic mass is 35.5. The highest BCUT2D eigenvalue weighted by molar-refractivity contribution is 6.36. The van der Waals surface area contributed by atoms with Crippen molar-refractivity contribution in [3.8, 4) is 0 Å². The molecule has 1 aliphatic heterocycles. The van der Waals surface area contributed by atoms with Crippen LogP contribution >= 0.6 is 11.6 Å². The van der Waals surface area contributed by atoms with Crippen molar-refractivity contribution in [1.82, 2.24) is 0 Å². The van der Waals surface area contributed by atoms with Crippen molar-refractivity contribution in [3.05, 3.63) is 41.4 Å². The van der Waals surface area contributed by atoms with E-state index in [0.29, 0.717) is 10.7 Å². The Morgan fingerprint density at radius 3 is 2.16 bits per heavy atom. The zero-order valence-electron chi connectivity index (χ0n) is 10.1. The first-order chi connectivity index (χ1) is 9.18. The predicted octanol–water partition coefficient (Wildman–Crippen LogP) is 2.65. The topological polar surface area (TPSA) is 37.4 Å². The van der Waals surface area contributed by atoms with E-state index in [4.69, 9.17) is 11.6 Å². The minimum Gasteiger partial charge on any atom is -0.274 e. The second kappa shape index (κ2) is 3.70. The van der Waals surface area contributed by atoms with Crippen LogP contribution in [0, 0.1) is 23.7 Å². The second-order valence-corrected chi connectivity index (χ2v) is 5.87. The Labute approximate surface area is 115 Å². The molecule has 4 atom stereocenters. The summed E-state index contributed by atoms with van der Waals surface area (Å²) in [5.41, 5.74) is 0.521. The summed E-state index contributed by atoms with van der Waals surface area (Å²) in [5, 5.41) is 0.449. The number of benzene rings is 1. The molecule has 4 heteroatoms. The van der Waals surface area contributed by atoms with Crippen molar-refractivity contribution in [2.24, 2.45) is 23.7 Å². The Balaban J connectivity index is 1.79. The number of rotatable bonds is 1.